The van der Waals surface area contributed by atoms with Crippen LogP contribution in [0.4, 0.5) is 30.5 Å². The Morgan fingerprint density at radius 2 is 1.66 bits per heavy atom. The van der Waals surface area contributed by atoms with Crippen LogP contribution in [0.2, 0.25) is 0 Å². The SMILES string of the molecule is CCNC(=O)CNc1cc(C(F)(F)F)c2c(=O)cc(Nc3ccccc3)n(-c3ccccc3)c2n1. The Bertz CT molecular complexity index is 1400. The van der Waals surface area contributed by atoms with Crippen LogP contribution in [-0.2, 0) is 11.0 Å². The third kappa shape index (κ3) is 5.26. The van der Waals surface area contributed by atoms with Gasteiger partial charge in [-0.15, -0.1) is 0 Å². The lowest BCUT2D eigenvalue weighted by atomic mass is 10.1. The molecule has 10 heteroatoms. The number of carbonyl (C=O) groups is 1. The number of carbonyl (C=O) groups excluding carboxylic acids is 1. The van der Waals surface area contributed by atoms with Crippen molar-refractivity contribution in [3.63, 3.8) is 0 Å². The highest BCUT2D eigenvalue weighted by molar-refractivity contribution is 5.87. The number of halogens is 3. The van der Waals surface area contributed by atoms with Crippen molar-refractivity contribution in [2.45, 2.75) is 13.1 Å². The van der Waals surface area contributed by atoms with E-state index in [0.717, 1.165) is 12.1 Å². The molecule has 0 atom stereocenters. The molecular formula is C25H22F3N5O2. The highest BCUT2D eigenvalue weighted by Gasteiger charge is 2.35. The zero-order valence-corrected chi connectivity index (χ0v) is 18.7. The van der Waals surface area contributed by atoms with E-state index in [1.807, 2.05) is 6.07 Å². The van der Waals surface area contributed by atoms with Gasteiger partial charge in [-0.1, -0.05) is 36.4 Å². The van der Waals surface area contributed by atoms with E-state index >= 15 is 0 Å². The van der Waals surface area contributed by atoms with Crippen molar-refractivity contribution in [1.82, 2.24) is 14.9 Å². The van der Waals surface area contributed by atoms with Gasteiger partial charge in [-0.05, 0) is 37.3 Å². The monoisotopic (exact) mass is 481 g/mol. The minimum atomic E-state index is -4.83. The smallest absolute Gasteiger partial charge is 0.361 e. The predicted octanol–water partition coefficient (Wildman–Crippen LogP) is 4.70. The maximum absolute atomic E-state index is 14.1. The number of rotatable bonds is 7. The fraction of sp³-hybridized carbons (Fsp3) is 0.160. The van der Waals surface area contributed by atoms with Crippen molar-refractivity contribution in [3.8, 4) is 5.69 Å². The Balaban J connectivity index is 1.99. The quantitative estimate of drug-likeness (QED) is 0.356. The van der Waals surface area contributed by atoms with Crippen LogP contribution in [-0.4, -0.2) is 28.5 Å². The van der Waals surface area contributed by atoms with E-state index in [-0.39, 0.29) is 23.8 Å². The van der Waals surface area contributed by atoms with E-state index < -0.39 is 28.5 Å². The van der Waals surface area contributed by atoms with Gasteiger partial charge >= 0.3 is 6.18 Å². The molecule has 4 aromatic rings. The molecule has 0 bridgehead atoms. The Morgan fingerprint density at radius 3 is 2.29 bits per heavy atom. The van der Waals surface area contributed by atoms with Crippen molar-refractivity contribution in [2.24, 2.45) is 0 Å². The predicted molar refractivity (Wildman–Crippen MR) is 129 cm³/mol. The van der Waals surface area contributed by atoms with Gasteiger partial charge in [0.25, 0.3) is 0 Å². The van der Waals surface area contributed by atoms with Crippen molar-refractivity contribution < 1.29 is 18.0 Å². The molecule has 4 rings (SSSR count). The lowest BCUT2D eigenvalue weighted by Crippen LogP contribution is -2.30. The first-order valence-corrected chi connectivity index (χ1v) is 10.8. The number of benzene rings is 2. The summed E-state index contributed by atoms with van der Waals surface area (Å²) >= 11 is 0. The second-order valence-electron chi connectivity index (χ2n) is 7.61. The fourth-order valence-corrected chi connectivity index (χ4v) is 3.66. The molecule has 0 unspecified atom stereocenters. The standard InChI is InChI=1S/C25H22F3N5O2/c1-2-29-22(35)15-30-20-13-18(25(26,27)28)23-19(34)14-21(31-16-9-5-3-6-10-16)33(24(23)32-20)17-11-7-4-8-12-17/h3-14,31H,2,15H2,1H3,(H,29,35)(H,30,32). The van der Waals surface area contributed by atoms with Gasteiger partial charge < -0.3 is 16.0 Å². The maximum atomic E-state index is 14.1. The molecule has 0 aliphatic carbocycles. The molecule has 1 amide bonds. The minimum absolute atomic E-state index is 0.183. The number of amides is 1. The van der Waals surface area contributed by atoms with Gasteiger partial charge in [0.15, 0.2) is 11.1 Å². The van der Waals surface area contributed by atoms with Crippen molar-refractivity contribution in [2.75, 3.05) is 23.7 Å². The van der Waals surface area contributed by atoms with Crippen LogP contribution >= 0.6 is 0 Å². The number of nitrogens with one attached hydrogen (secondary N) is 3. The average Bonchev–Trinajstić information content (AvgIpc) is 2.83. The lowest BCUT2D eigenvalue weighted by molar-refractivity contribution is -0.136. The lowest BCUT2D eigenvalue weighted by Gasteiger charge is -2.20. The number of pyridine rings is 2. The minimum Gasteiger partial charge on any atom is -0.361 e. The summed E-state index contributed by atoms with van der Waals surface area (Å²) in [7, 11) is 0. The number of anilines is 3. The maximum Gasteiger partial charge on any atom is 0.417 e. The van der Waals surface area contributed by atoms with Crippen molar-refractivity contribution >= 4 is 34.3 Å². The third-order valence-corrected chi connectivity index (χ3v) is 5.14. The summed E-state index contributed by atoms with van der Waals surface area (Å²) in [4.78, 5) is 29.3. The molecule has 2 aromatic heterocycles. The largest absolute Gasteiger partial charge is 0.417 e. The number of aromatic nitrogens is 2. The van der Waals surface area contributed by atoms with Gasteiger partial charge in [-0.2, -0.15) is 13.2 Å². The summed E-state index contributed by atoms with van der Waals surface area (Å²) in [6.45, 7) is 1.83. The first-order chi connectivity index (χ1) is 16.8. The number of hydrogen-bond donors (Lipinski definition) is 3. The number of alkyl halides is 3. The Hall–Kier alpha value is -4.34. The van der Waals surface area contributed by atoms with Crippen LogP contribution in [0.3, 0.4) is 0 Å². The number of nitrogens with zero attached hydrogens (tertiary/aromatic N) is 2. The van der Waals surface area contributed by atoms with Crippen LogP contribution in [0, 0.1) is 0 Å². The van der Waals surface area contributed by atoms with Crippen LogP contribution in [0.5, 0.6) is 0 Å². The Morgan fingerprint density at radius 1 is 1.00 bits per heavy atom. The molecule has 0 spiro atoms. The molecule has 35 heavy (non-hydrogen) atoms. The normalized spacial score (nSPS) is 11.3. The molecule has 0 saturated heterocycles. The Labute approximate surface area is 198 Å². The third-order valence-electron chi connectivity index (χ3n) is 5.14. The first kappa shape index (κ1) is 23.8. The molecule has 7 nitrogen and oxygen atoms in total. The number of likely N-dealkylation sites (N-methyl/N-ethyl adjacent to an activating group) is 1. The molecule has 0 saturated carbocycles. The number of fused-ring (bicyclic) bond motifs is 1. The van der Waals surface area contributed by atoms with Crippen molar-refractivity contribution in [1.29, 1.82) is 0 Å². The molecule has 0 aliphatic rings. The van der Waals surface area contributed by atoms with Gasteiger partial charge in [0, 0.05) is 24.0 Å². The summed E-state index contributed by atoms with van der Waals surface area (Å²) in [5.74, 6) is -0.346. The van der Waals surface area contributed by atoms with Gasteiger partial charge in [0.05, 0.1) is 17.5 Å². The summed E-state index contributed by atoms with van der Waals surface area (Å²) in [5, 5.41) is 7.75. The van der Waals surface area contributed by atoms with E-state index in [0.29, 0.717) is 17.9 Å². The zero-order chi connectivity index (χ0) is 25.0. The van der Waals surface area contributed by atoms with E-state index in [2.05, 4.69) is 20.9 Å². The molecule has 2 aromatic carbocycles. The van der Waals surface area contributed by atoms with Gasteiger partial charge in [-0.25, -0.2) is 4.98 Å². The summed E-state index contributed by atoms with van der Waals surface area (Å²) in [5.41, 5.74) is -1.03. The van der Waals surface area contributed by atoms with Gasteiger partial charge in [-0.3, -0.25) is 14.2 Å². The highest BCUT2D eigenvalue weighted by atomic mass is 19.4. The van der Waals surface area contributed by atoms with Crippen LogP contribution < -0.4 is 21.4 Å². The summed E-state index contributed by atoms with van der Waals surface area (Å²) in [6.07, 6.45) is -4.83. The molecule has 180 valence electrons. The summed E-state index contributed by atoms with van der Waals surface area (Å²) < 4.78 is 43.7. The molecular weight excluding hydrogens is 459 g/mol. The molecule has 0 aliphatic heterocycles. The number of hydrogen-bond acceptors (Lipinski definition) is 5. The van der Waals surface area contributed by atoms with Crippen LogP contribution in [0.1, 0.15) is 12.5 Å². The van der Waals surface area contributed by atoms with E-state index in [9.17, 15) is 22.8 Å². The fourth-order valence-electron chi connectivity index (χ4n) is 3.66. The topological polar surface area (TPSA) is 88.0 Å². The number of para-hydroxylation sites is 2. The second-order valence-corrected chi connectivity index (χ2v) is 7.61. The van der Waals surface area contributed by atoms with E-state index in [4.69, 9.17) is 0 Å². The summed E-state index contributed by atoms with van der Waals surface area (Å²) in [6, 6.07) is 19.4. The van der Waals surface area contributed by atoms with E-state index in [1.165, 1.54) is 4.57 Å². The van der Waals surface area contributed by atoms with Gasteiger partial charge in [0.1, 0.15) is 11.6 Å². The zero-order valence-electron chi connectivity index (χ0n) is 18.7. The second kappa shape index (κ2) is 9.88. The molecule has 3 N–H and O–H groups in total. The molecule has 0 fully saturated rings. The first-order valence-electron chi connectivity index (χ1n) is 10.8. The average molecular weight is 481 g/mol. The molecule has 2 heterocycles. The van der Waals surface area contributed by atoms with Crippen LogP contribution in [0.15, 0.2) is 77.6 Å². The Kier molecular flexibility index (Phi) is 6.72. The van der Waals surface area contributed by atoms with Gasteiger partial charge in [0.2, 0.25) is 5.91 Å². The van der Waals surface area contributed by atoms with Crippen molar-refractivity contribution in [3.05, 3.63) is 88.6 Å². The molecule has 0 radical (unpaired) electrons. The highest BCUT2D eigenvalue weighted by Crippen LogP contribution is 2.36. The van der Waals surface area contributed by atoms with Crippen LogP contribution in [0.25, 0.3) is 16.7 Å². The van der Waals surface area contributed by atoms with E-state index in [1.54, 1.807) is 61.5 Å².